The molecule has 20 heavy (non-hydrogen) atoms. The quantitative estimate of drug-likeness (QED) is 0.849. The second kappa shape index (κ2) is 4.66. The van der Waals surface area contributed by atoms with Crippen LogP contribution in [-0.2, 0) is 6.18 Å². The van der Waals surface area contributed by atoms with E-state index in [1.165, 1.54) is 12.3 Å². The molecule has 1 aliphatic rings. The van der Waals surface area contributed by atoms with Gasteiger partial charge in [0.1, 0.15) is 10.5 Å². The van der Waals surface area contributed by atoms with Gasteiger partial charge in [-0.1, -0.05) is 12.2 Å². The minimum atomic E-state index is -4.43. The topological polar surface area (TPSA) is 41.6 Å². The summed E-state index contributed by atoms with van der Waals surface area (Å²) in [5.41, 5.74) is -0.422. The zero-order chi connectivity index (χ0) is 14.3. The van der Waals surface area contributed by atoms with Gasteiger partial charge in [0, 0.05) is 23.9 Å². The van der Waals surface area contributed by atoms with Crippen LogP contribution in [0.4, 0.5) is 13.2 Å². The first-order chi connectivity index (χ1) is 9.45. The van der Waals surface area contributed by atoms with Crippen molar-refractivity contribution < 1.29 is 13.2 Å². The first-order valence-corrected chi connectivity index (χ1v) is 6.49. The van der Waals surface area contributed by atoms with E-state index in [9.17, 15) is 13.2 Å². The maximum absolute atomic E-state index is 13.0. The molecule has 2 aromatic rings. The molecular weight excluding hydrogens is 287 g/mol. The van der Waals surface area contributed by atoms with Gasteiger partial charge in [-0.05, 0) is 25.0 Å². The Hall–Kier alpha value is -1.76. The fourth-order valence-corrected chi connectivity index (χ4v) is 2.24. The molecule has 7 heteroatoms. The summed E-state index contributed by atoms with van der Waals surface area (Å²) < 4.78 is 39.4. The van der Waals surface area contributed by atoms with Crippen LogP contribution in [0.1, 0.15) is 30.1 Å². The van der Waals surface area contributed by atoms with E-state index in [0.29, 0.717) is 11.5 Å². The number of hydrogen-bond donors (Lipinski definition) is 1. The van der Waals surface area contributed by atoms with Crippen LogP contribution in [0.25, 0.3) is 11.3 Å². The number of halogens is 3. The van der Waals surface area contributed by atoms with Crippen molar-refractivity contribution in [3.8, 4) is 11.3 Å². The minimum absolute atomic E-state index is 0.00426. The predicted molar refractivity (Wildman–Crippen MR) is 69.6 cm³/mol. The third kappa shape index (κ3) is 2.58. The summed E-state index contributed by atoms with van der Waals surface area (Å²) in [6.45, 7) is 0. The smallest absolute Gasteiger partial charge is 0.343 e. The summed E-state index contributed by atoms with van der Waals surface area (Å²) in [6, 6.07) is 2.40. The molecule has 0 amide bonds. The van der Waals surface area contributed by atoms with E-state index in [0.717, 1.165) is 25.1 Å². The Kier molecular flexibility index (Phi) is 3.08. The molecule has 3 nitrogen and oxygen atoms in total. The van der Waals surface area contributed by atoms with Crippen molar-refractivity contribution >= 4 is 12.2 Å². The first-order valence-electron chi connectivity index (χ1n) is 6.08. The molecule has 0 atom stereocenters. The van der Waals surface area contributed by atoms with Crippen molar-refractivity contribution in [3.63, 3.8) is 0 Å². The molecule has 0 aliphatic heterocycles. The van der Waals surface area contributed by atoms with E-state index >= 15 is 0 Å². The highest BCUT2D eigenvalue weighted by molar-refractivity contribution is 7.71. The molecule has 1 aliphatic carbocycles. The average molecular weight is 297 g/mol. The van der Waals surface area contributed by atoms with Gasteiger partial charge in [0.15, 0.2) is 0 Å². The van der Waals surface area contributed by atoms with E-state index < -0.39 is 11.7 Å². The highest BCUT2D eigenvalue weighted by atomic mass is 32.1. The van der Waals surface area contributed by atoms with Gasteiger partial charge in [-0.25, -0.2) is 4.98 Å². The number of aromatic nitrogens is 3. The Morgan fingerprint density at radius 2 is 2.05 bits per heavy atom. The van der Waals surface area contributed by atoms with Crippen LogP contribution in [0.3, 0.4) is 0 Å². The maximum Gasteiger partial charge on any atom is 0.417 e. The molecular formula is C13H10F3N3S. The van der Waals surface area contributed by atoms with Crippen LogP contribution in [0, 0.1) is 4.64 Å². The van der Waals surface area contributed by atoms with Crippen LogP contribution in [0.15, 0.2) is 24.5 Å². The zero-order valence-corrected chi connectivity index (χ0v) is 11.1. The number of rotatable bonds is 2. The Balaban J connectivity index is 2.16. The van der Waals surface area contributed by atoms with E-state index in [4.69, 9.17) is 12.2 Å². The summed E-state index contributed by atoms with van der Waals surface area (Å²) in [5, 5.41) is 0. The molecule has 0 unspecified atom stereocenters. The molecule has 2 heterocycles. The average Bonchev–Trinajstić information content (AvgIpc) is 3.21. The Morgan fingerprint density at radius 3 is 2.70 bits per heavy atom. The summed E-state index contributed by atoms with van der Waals surface area (Å²) >= 11 is 5.04. The standard InChI is InChI=1S/C13H10F3N3S/c14-13(15,16)9-3-4-17-6-8(9)10-5-11(20)19-12(18-10)7-1-2-7/h3-7H,1-2H2,(H,18,19,20). The first kappa shape index (κ1) is 13.2. The van der Waals surface area contributed by atoms with Crippen molar-refractivity contribution in [2.45, 2.75) is 24.9 Å². The minimum Gasteiger partial charge on any atom is -0.343 e. The highest BCUT2D eigenvalue weighted by Crippen LogP contribution is 2.40. The number of aromatic amines is 1. The number of hydrogen-bond acceptors (Lipinski definition) is 3. The third-order valence-electron chi connectivity index (χ3n) is 3.14. The second-order valence-corrected chi connectivity index (χ2v) is 5.13. The summed E-state index contributed by atoms with van der Waals surface area (Å²) in [6.07, 6.45) is -0.136. The Labute approximate surface area is 117 Å². The third-order valence-corrected chi connectivity index (χ3v) is 3.35. The zero-order valence-electron chi connectivity index (χ0n) is 10.2. The van der Waals surface area contributed by atoms with Crippen molar-refractivity contribution in [3.05, 3.63) is 40.6 Å². The molecule has 0 radical (unpaired) electrons. The predicted octanol–water partition coefficient (Wildman–Crippen LogP) is 4.10. The second-order valence-electron chi connectivity index (χ2n) is 4.71. The summed E-state index contributed by atoms with van der Waals surface area (Å²) in [5.74, 6) is 0.937. The van der Waals surface area contributed by atoms with Crippen molar-refractivity contribution in [2.75, 3.05) is 0 Å². The van der Waals surface area contributed by atoms with Crippen LogP contribution in [0.5, 0.6) is 0 Å². The number of nitrogens with one attached hydrogen (secondary N) is 1. The van der Waals surface area contributed by atoms with Crippen molar-refractivity contribution in [1.29, 1.82) is 0 Å². The Bertz CT molecular complexity index is 704. The fourth-order valence-electron chi connectivity index (χ4n) is 2.03. The molecule has 0 aromatic carbocycles. The molecule has 0 saturated heterocycles. The molecule has 0 bridgehead atoms. The van der Waals surface area contributed by atoms with Crippen molar-refractivity contribution in [2.24, 2.45) is 0 Å². The van der Waals surface area contributed by atoms with Gasteiger partial charge in [-0.2, -0.15) is 13.2 Å². The van der Waals surface area contributed by atoms with Crippen LogP contribution >= 0.6 is 12.2 Å². The molecule has 3 rings (SSSR count). The molecule has 1 fully saturated rings. The number of nitrogens with zero attached hydrogens (tertiary/aromatic N) is 2. The number of pyridine rings is 1. The van der Waals surface area contributed by atoms with Crippen LogP contribution < -0.4 is 0 Å². The largest absolute Gasteiger partial charge is 0.417 e. The van der Waals surface area contributed by atoms with E-state index in [1.54, 1.807) is 0 Å². The lowest BCUT2D eigenvalue weighted by atomic mass is 10.1. The number of alkyl halides is 3. The monoisotopic (exact) mass is 297 g/mol. The summed E-state index contributed by atoms with van der Waals surface area (Å²) in [7, 11) is 0. The van der Waals surface area contributed by atoms with Crippen molar-refractivity contribution in [1.82, 2.24) is 15.0 Å². The van der Waals surface area contributed by atoms with E-state index in [1.807, 2.05) is 0 Å². The Morgan fingerprint density at radius 1 is 1.30 bits per heavy atom. The van der Waals surface area contributed by atoms with Gasteiger partial charge in [0.05, 0.1) is 11.3 Å². The SMILES string of the molecule is FC(F)(F)c1ccncc1-c1cc(=S)nc(C2CC2)[nH]1. The lowest BCUT2D eigenvalue weighted by Crippen LogP contribution is -2.08. The molecule has 2 aromatic heterocycles. The molecule has 104 valence electrons. The van der Waals surface area contributed by atoms with Gasteiger partial charge in [0.25, 0.3) is 0 Å². The lowest BCUT2D eigenvalue weighted by Gasteiger charge is -2.12. The van der Waals surface area contributed by atoms with Gasteiger partial charge in [-0.15, -0.1) is 0 Å². The summed E-state index contributed by atoms with van der Waals surface area (Å²) in [4.78, 5) is 10.9. The maximum atomic E-state index is 13.0. The van der Waals surface area contributed by atoms with E-state index in [2.05, 4.69) is 15.0 Å². The van der Waals surface area contributed by atoms with E-state index in [-0.39, 0.29) is 16.1 Å². The lowest BCUT2D eigenvalue weighted by molar-refractivity contribution is -0.137. The van der Waals surface area contributed by atoms with Gasteiger partial charge in [-0.3, -0.25) is 4.98 Å². The highest BCUT2D eigenvalue weighted by Gasteiger charge is 2.34. The van der Waals surface area contributed by atoms with Gasteiger partial charge in [0.2, 0.25) is 0 Å². The fraction of sp³-hybridized carbons (Fsp3) is 0.308. The normalized spacial score (nSPS) is 15.3. The van der Waals surface area contributed by atoms with Gasteiger partial charge >= 0.3 is 6.18 Å². The number of H-pyrrole nitrogens is 1. The molecule has 1 saturated carbocycles. The van der Waals surface area contributed by atoms with Gasteiger partial charge < -0.3 is 4.98 Å². The van der Waals surface area contributed by atoms with Crippen LogP contribution in [-0.4, -0.2) is 15.0 Å². The molecule has 0 spiro atoms. The van der Waals surface area contributed by atoms with Crippen LogP contribution in [0.2, 0.25) is 0 Å². The molecule has 1 N–H and O–H groups in total.